The fourth-order valence-corrected chi connectivity index (χ4v) is 2.24. The third-order valence-electron chi connectivity index (χ3n) is 2.27. The fraction of sp³-hybridized carbons (Fsp3) is 0.455. The summed E-state index contributed by atoms with van der Waals surface area (Å²) in [6.45, 7) is 1.92. The number of ether oxygens (including phenoxy) is 1. The van der Waals surface area contributed by atoms with Crippen molar-refractivity contribution in [2.45, 2.75) is 6.04 Å². The van der Waals surface area contributed by atoms with E-state index in [1.165, 1.54) is 0 Å². The van der Waals surface area contributed by atoms with Gasteiger partial charge in [-0.25, -0.2) is 0 Å². The summed E-state index contributed by atoms with van der Waals surface area (Å²) < 4.78 is 5.94. The molecule has 16 heavy (non-hydrogen) atoms. The van der Waals surface area contributed by atoms with Crippen LogP contribution in [-0.2, 0) is 4.74 Å². The molecule has 3 nitrogen and oxygen atoms in total. The van der Waals surface area contributed by atoms with E-state index in [2.05, 4.69) is 21.2 Å². The third kappa shape index (κ3) is 4.03. The summed E-state index contributed by atoms with van der Waals surface area (Å²) >= 11 is 9.53. The third-order valence-corrected chi connectivity index (χ3v) is 3.09. The maximum Gasteiger partial charge on any atom is 0.0587 e. The van der Waals surface area contributed by atoms with Crippen LogP contribution in [0.15, 0.2) is 22.7 Å². The highest BCUT2D eigenvalue weighted by Gasteiger charge is 2.12. The van der Waals surface area contributed by atoms with Crippen LogP contribution in [-0.4, -0.2) is 26.8 Å². The first-order valence-electron chi connectivity index (χ1n) is 5.06. The van der Waals surface area contributed by atoms with Crippen molar-refractivity contribution in [3.63, 3.8) is 0 Å². The molecule has 0 heterocycles. The summed E-state index contributed by atoms with van der Waals surface area (Å²) in [5.74, 6) is 0. The Balaban J connectivity index is 2.70. The molecule has 5 heteroatoms. The monoisotopic (exact) mass is 306 g/mol. The Kier molecular flexibility index (Phi) is 6.31. The van der Waals surface area contributed by atoms with E-state index in [4.69, 9.17) is 22.1 Å². The van der Waals surface area contributed by atoms with Crippen LogP contribution >= 0.6 is 27.5 Å². The SMILES string of the molecule is COCCNC(CN)c1ccc(Br)cc1Cl. The Hall–Kier alpha value is -0.130. The van der Waals surface area contributed by atoms with Crippen LogP contribution in [0.1, 0.15) is 11.6 Å². The van der Waals surface area contributed by atoms with E-state index >= 15 is 0 Å². The van der Waals surface area contributed by atoms with Crippen molar-refractivity contribution in [3.05, 3.63) is 33.3 Å². The first kappa shape index (κ1) is 13.9. The second kappa shape index (κ2) is 7.25. The van der Waals surface area contributed by atoms with Crippen molar-refractivity contribution >= 4 is 27.5 Å². The molecule has 0 fully saturated rings. The highest BCUT2D eigenvalue weighted by Crippen LogP contribution is 2.25. The Bertz CT molecular complexity index is 336. The number of benzene rings is 1. The number of halogens is 2. The molecule has 1 aromatic rings. The van der Waals surface area contributed by atoms with Crippen LogP contribution in [0, 0.1) is 0 Å². The molecule has 0 amide bonds. The molecule has 3 N–H and O–H groups in total. The number of hydrogen-bond donors (Lipinski definition) is 2. The van der Waals surface area contributed by atoms with E-state index in [9.17, 15) is 0 Å². The van der Waals surface area contributed by atoms with Crippen LogP contribution in [0.2, 0.25) is 5.02 Å². The number of methoxy groups -OCH3 is 1. The molecule has 0 aliphatic heterocycles. The van der Waals surface area contributed by atoms with E-state index in [-0.39, 0.29) is 6.04 Å². The maximum atomic E-state index is 6.16. The Morgan fingerprint density at radius 2 is 2.31 bits per heavy atom. The highest BCUT2D eigenvalue weighted by atomic mass is 79.9. The van der Waals surface area contributed by atoms with Crippen molar-refractivity contribution < 1.29 is 4.74 Å². The summed E-state index contributed by atoms with van der Waals surface area (Å²) in [6.07, 6.45) is 0. The Morgan fingerprint density at radius 3 is 2.88 bits per heavy atom. The van der Waals surface area contributed by atoms with E-state index in [0.717, 1.165) is 21.6 Å². The minimum atomic E-state index is 0.0655. The van der Waals surface area contributed by atoms with Gasteiger partial charge < -0.3 is 15.8 Å². The fourth-order valence-electron chi connectivity index (χ4n) is 1.44. The average molecular weight is 308 g/mol. The van der Waals surface area contributed by atoms with Gasteiger partial charge >= 0.3 is 0 Å². The number of rotatable bonds is 6. The van der Waals surface area contributed by atoms with E-state index in [1.54, 1.807) is 7.11 Å². The molecule has 0 bridgehead atoms. The lowest BCUT2D eigenvalue weighted by Crippen LogP contribution is -2.30. The lowest BCUT2D eigenvalue weighted by atomic mass is 10.1. The smallest absolute Gasteiger partial charge is 0.0587 e. The van der Waals surface area contributed by atoms with Gasteiger partial charge in [-0.1, -0.05) is 33.6 Å². The molecule has 0 saturated heterocycles. The van der Waals surface area contributed by atoms with Crippen molar-refractivity contribution in [1.82, 2.24) is 5.32 Å². The lowest BCUT2D eigenvalue weighted by Gasteiger charge is -2.18. The van der Waals surface area contributed by atoms with Gasteiger partial charge in [-0.2, -0.15) is 0 Å². The van der Waals surface area contributed by atoms with Gasteiger partial charge in [-0.3, -0.25) is 0 Å². The molecule has 0 spiro atoms. The van der Waals surface area contributed by atoms with E-state index in [0.29, 0.717) is 13.2 Å². The topological polar surface area (TPSA) is 47.3 Å². The normalized spacial score (nSPS) is 12.8. The minimum Gasteiger partial charge on any atom is -0.383 e. The molecule has 0 radical (unpaired) electrons. The van der Waals surface area contributed by atoms with Gasteiger partial charge in [-0.15, -0.1) is 0 Å². The van der Waals surface area contributed by atoms with E-state index < -0.39 is 0 Å². The summed E-state index contributed by atoms with van der Waals surface area (Å²) in [7, 11) is 1.67. The predicted octanol–water partition coefficient (Wildman–Crippen LogP) is 2.34. The van der Waals surface area contributed by atoms with Gasteiger partial charge in [0.25, 0.3) is 0 Å². The molecule has 1 atom stereocenters. The molecule has 1 rings (SSSR count). The molecule has 1 unspecified atom stereocenters. The van der Waals surface area contributed by atoms with Crippen LogP contribution in [0.3, 0.4) is 0 Å². The van der Waals surface area contributed by atoms with Gasteiger partial charge in [0.1, 0.15) is 0 Å². The number of nitrogens with one attached hydrogen (secondary N) is 1. The van der Waals surface area contributed by atoms with Crippen LogP contribution in [0.5, 0.6) is 0 Å². The summed E-state index contributed by atoms with van der Waals surface area (Å²) in [6, 6.07) is 5.87. The van der Waals surface area contributed by atoms with Gasteiger partial charge in [0.2, 0.25) is 0 Å². The Morgan fingerprint density at radius 1 is 1.56 bits per heavy atom. The second-order valence-corrected chi connectivity index (χ2v) is 4.72. The molecular formula is C11H16BrClN2O. The molecule has 90 valence electrons. The molecule has 1 aromatic carbocycles. The lowest BCUT2D eigenvalue weighted by molar-refractivity contribution is 0.196. The highest BCUT2D eigenvalue weighted by molar-refractivity contribution is 9.10. The zero-order chi connectivity index (χ0) is 12.0. The van der Waals surface area contributed by atoms with Crippen molar-refractivity contribution in [3.8, 4) is 0 Å². The summed E-state index contributed by atoms with van der Waals surface area (Å²) in [5.41, 5.74) is 6.74. The zero-order valence-corrected chi connectivity index (χ0v) is 11.5. The van der Waals surface area contributed by atoms with Gasteiger partial charge in [0.05, 0.1) is 6.61 Å². The largest absolute Gasteiger partial charge is 0.383 e. The van der Waals surface area contributed by atoms with Crippen LogP contribution < -0.4 is 11.1 Å². The summed E-state index contributed by atoms with van der Waals surface area (Å²) in [5, 5.41) is 4.01. The summed E-state index contributed by atoms with van der Waals surface area (Å²) in [4.78, 5) is 0. The van der Waals surface area contributed by atoms with Crippen LogP contribution in [0.25, 0.3) is 0 Å². The molecule has 0 aliphatic rings. The van der Waals surface area contributed by atoms with Crippen LogP contribution in [0.4, 0.5) is 0 Å². The van der Waals surface area contributed by atoms with E-state index in [1.807, 2.05) is 18.2 Å². The first-order chi connectivity index (χ1) is 7.69. The number of nitrogens with two attached hydrogens (primary N) is 1. The van der Waals surface area contributed by atoms with Gasteiger partial charge in [0, 0.05) is 35.7 Å². The van der Waals surface area contributed by atoms with Crippen molar-refractivity contribution in [2.24, 2.45) is 5.73 Å². The molecule has 0 saturated carbocycles. The maximum absolute atomic E-state index is 6.16. The molecular weight excluding hydrogens is 291 g/mol. The average Bonchev–Trinajstić information content (AvgIpc) is 2.26. The minimum absolute atomic E-state index is 0.0655. The second-order valence-electron chi connectivity index (χ2n) is 3.40. The molecule has 0 aliphatic carbocycles. The van der Waals surface area contributed by atoms with Gasteiger partial charge in [-0.05, 0) is 17.7 Å². The molecule has 0 aromatic heterocycles. The zero-order valence-electron chi connectivity index (χ0n) is 9.17. The van der Waals surface area contributed by atoms with Gasteiger partial charge in [0.15, 0.2) is 0 Å². The van der Waals surface area contributed by atoms with Crippen molar-refractivity contribution in [1.29, 1.82) is 0 Å². The quantitative estimate of drug-likeness (QED) is 0.793. The van der Waals surface area contributed by atoms with Crippen molar-refractivity contribution in [2.75, 3.05) is 26.8 Å². The number of hydrogen-bond acceptors (Lipinski definition) is 3. The standard InChI is InChI=1S/C11H16BrClN2O/c1-16-5-4-15-11(7-14)9-3-2-8(12)6-10(9)13/h2-3,6,11,15H,4-5,7,14H2,1H3. The predicted molar refractivity (Wildman–Crippen MR) is 70.8 cm³/mol. The Labute approximate surface area is 109 Å². The first-order valence-corrected chi connectivity index (χ1v) is 6.23.